The van der Waals surface area contributed by atoms with E-state index in [-0.39, 0.29) is 12.2 Å². The Kier molecular flexibility index (Phi) is 4.31. The van der Waals surface area contributed by atoms with E-state index in [4.69, 9.17) is 0 Å². The minimum atomic E-state index is -2.26. The molecule has 0 aromatic carbocycles. The Balaban J connectivity index is 1.90. The van der Waals surface area contributed by atoms with E-state index in [9.17, 15) is 13.2 Å². The van der Waals surface area contributed by atoms with Gasteiger partial charge in [-0.25, -0.2) is 9.37 Å². The van der Waals surface area contributed by atoms with E-state index in [1.165, 1.54) is 23.1 Å². The molecule has 2 aromatic rings. The van der Waals surface area contributed by atoms with Crippen molar-refractivity contribution in [2.24, 2.45) is 0 Å². The summed E-state index contributed by atoms with van der Waals surface area (Å²) in [5.74, 6) is -0.764. The van der Waals surface area contributed by atoms with Crippen LogP contribution in [-0.2, 0) is 0 Å². The first-order valence-corrected chi connectivity index (χ1v) is 6.49. The van der Waals surface area contributed by atoms with Crippen LogP contribution in [0.15, 0.2) is 22.4 Å². The van der Waals surface area contributed by atoms with Gasteiger partial charge in [0, 0.05) is 12.2 Å². The fourth-order valence-corrected chi connectivity index (χ4v) is 2.93. The Morgan fingerprint density at radius 2 is 2.22 bits per heavy atom. The number of rotatable bonds is 5. The van der Waals surface area contributed by atoms with E-state index in [0.29, 0.717) is 15.0 Å². The van der Waals surface area contributed by atoms with Crippen LogP contribution >= 0.6 is 23.1 Å². The summed E-state index contributed by atoms with van der Waals surface area (Å²) in [6, 6.07) is 0. The van der Waals surface area contributed by atoms with E-state index < -0.39 is 11.9 Å². The summed E-state index contributed by atoms with van der Waals surface area (Å²) in [6.07, 6.45) is -1.02. The number of thioether (sulfide) groups is 1. The number of thiazole rings is 1. The van der Waals surface area contributed by atoms with Crippen LogP contribution < -0.4 is 0 Å². The van der Waals surface area contributed by atoms with Crippen molar-refractivity contribution in [1.29, 1.82) is 0 Å². The molecule has 10 heteroatoms. The molecule has 1 N–H and O–H groups in total. The summed E-state index contributed by atoms with van der Waals surface area (Å²) in [5.41, 5.74) is 0. The van der Waals surface area contributed by atoms with Crippen LogP contribution in [-0.4, -0.2) is 31.4 Å². The lowest BCUT2D eigenvalue weighted by molar-refractivity contribution is 0.373. The van der Waals surface area contributed by atoms with E-state index in [2.05, 4.69) is 25.6 Å². The van der Waals surface area contributed by atoms with Crippen molar-refractivity contribution in [3.05, 3.63) is 18.1 Å². The van der Waals surface area contributed by atoms with Crippen LogP contribution in [0.4, 0.5) is 13.2 Å². The van der Waals surface area contributed by atoms with Gasteiger partial charge in [0.15, 0.2) is 10.2 Å². The van der Waals surface area contributed by atoms with E-state index in [1.54, 1.807) is 6.20 Å². The van der Waals surface area contributed by atoms with Crippen molar-refractivity contribution in [1.82, 2.24) is 25.6 Å². The molecule has 0 aliphatic rings. The molecule has 0 saturated heterocycles. The monoisotopic (exact) mass is 293 g/mol. The van der Waals surface area contributed by atoms with Crippen LogP contribution in [0.3, 0.4) is 0 Å². The number of allylic oxidation sites excluding steroid dienone is 1. The maximum Gasteiger partial charge on any atom is 0.301 e. The van der Waals surface area contributed by atoms with Gasteiger partial charge in [-0.3, -0.25) is 0 Å². The molecule has 0 unspecified atom stereocenters. The lowest BCUT2D eigenvalue weighted by Crippen LogP contribution is -1.81. The molecule has 96 valence electrons. The molecule has 0 atom stereocenters. The fraction of sp³-hybridized carbons (Fsp3) is 0.250. The van der Waals surface area contributed by atoms with Crippen LogP contribution in [0.5, 0.6) is 0 Å². The highest BCUT2D eigenvalue weighted by Gasteiger charge is 2.10. The first-order valence-electron chi connectivity index (χ1n) is 4.69. The average Bonchev–Trinajstić information content (AvgIpc) is 2.98. The highest BCUT2D eigenvalue weighted by atomic mass is 32.2. The number of halogens is 3. The van der Waals surface area contributed by atoms with Crippen molar-refractivity contribution in [3.63, 3.8) is 0 Å². The van der Waals surface area contributed by atoms with Gasteiger partial charge >= 0.3 is 6.08 Å². The molecule has 0 aliphatic carbocycles. The van der Waals surface area contributed by atoms with Gasteiger partial charge in [-0.05, 0) is 5.21 Å². The molecular formula is C8H6F3N5S2. The second kappa shape index (κ2) is 5.96. The summed E-state index contributed by atoms with van der Waals surface area (Å²) in [6.45, 7) is 0. The van der Waals surface area contributed by atoms with Gasteiger partial charge in [-0.15, -0.1) is 21.5 Å². The van der Waals surface area contributed by atoms with Crippen molar-refractivity contribution < 1.29 is 13.2 Å². The standard InChI is InChI=1S/C8H6F3N5S2/c9-4(6(10)11)1-2-17-8-12-3-5(18-8)7-13-15-16-14-7/h3H,1-2H2,(H,13,14,15,16). The summed E-state index contributed by atoms with van der Waals surface area (Å²) in [5, 5.41) is 13.3. The SMILES string of the molecule is FC(F)=C(F)CCSc1ncc(-c2nn[nH]n2)s1. The van der Waals surface area contributed by atoms with E-state index in [1.807, 2.05) is 0 Å². The van der Waals surface area contributed by atoms with E-state index >= 15 is 0 Å². The molecule has 0 radical (unpaired) electrons. The first-order chi connectivity index (χ1) is 8.66. The highest BCUT2D eigenvalue weighted by molar-refractivity contribution is 8.01. The van der Waals surface area contributed by atoms with Gasteiger partial charge < -0.3 is 0 Å². The number of hydrogen-bond acceptors (Lipinski definition) is 6. The summed E-state index contributed by atoms with van der Waals surface area (Å²) >= 11 is 2.49. The predicted octanol–water partition coefficient (Wildman–Crippen LogP) is 2.88. The number of H-pyrrole nitrogens is 1. The maximum absolute atomic E-state index is 12.5. The smallest absolute Gasteiger partial charge is 0.237 e. The Bertz CT molecular complexity index is 535. The topological polar surface area (TPSA) is 67.3 Å². The molecule has 18 heavy (non-hydrogen) atoms. The number of nitrogens with one attached hydrogen (secondary N) is 1. The molecule has 2 aromatic heterocycles. The molecular weight excluding hydrogens is 287 g/mol. The Morgan fingerprint density at radius 3 is 2.89 bits per heavy atom. The molecule has 5 nitrogen and oxygen atoms in total. The third kappa shape index (κ3) is 3.29. The van der Waals surface area contributed by atoms with Gasteiger partial charge in [0.1, 0.15) is 0 Å². The van der Waals surface area contributed by atoms with Crippen molar-refractivity contribution in [3.8, 4) is 10.7 Å². The number of hydrogen-bond donors (Lipinski definition) is 1. The summed E-state index contributed by atoms with van der Waals surface area (Å²) < 4.78 is 36.8. The number of aromatic amines is 1. The second-order valence-corrected chi connectivity index (χ2v) is 5.36. The Labute approximate surface area is 108 Å². The van der Waals surface area contributed by atoms with E-state index in [0.717, 1.165) is 0 Å². The predicted molar refractivity (Wildman–Crippen MR) is 61.0 cm³/mol. The summed E-state index contributed by atoms with van der Waals surface area (Å²) in [7, 11) is 0. The number of nitrogens with zero attached hydrogens (tertiary/aromatic N) is 4. The maximum atomic E-state index is 12.5. The van der Waals surface area contributed by atoms with Crippen LogP contribution in [0.2, 0.25) is 0 Å². The molecule has 0 fully saturated rings. The van der Waals surface area contributed by atoms with Gasteiger partial charge in [0.2, 0.25) is 5.82 Å². The van der Waals surface area contributed by atoms with Crippen molar-refractivity contribution in [2.45, 2.75) is 10.8 Å². The van der Waals surface area contributed by atoms with Gasteiger partial charge in [0.25, 0.3) is 0 Å². The van der Waals surface area contributed by atoms with Crippen LogP contribution in [0, 0.1) is 0 Å². The van der Waals surface area contributed by atoms with Crippen LogP contribution in [0.1, 0.15) is 6.42 Å². The molecule has 0 saturated carbocycles. The number of tetrazole rings is 1. The highest BCUT2D eigenvalue weighted by Crippen LogP contribution is 2.30. The zero-order valence-corrected chi connectivity index (χ0v) is 10.4. The molecule has 0 spiro atoms. The third-order valence-corrected chi connectivity index (χ3v) is 3.95. The van der Waals surface area contributed by atoms with Crippen molar-refractivity contribution >= 4 is 23.1 Å². The molecule has 2 heterocycles. The first kappa shape index (κ1) is 13.0. The molecule has 0 aliphatic heterocycles. The molecule has 0 bridgehead atoms. The zero-order valence-electron chi connectivity index (χ0n) is 8.73. The van der Waals surface area contributed by atoms with Crippen LogP contribution in [0.25, 0.3) is 10.7 Å². The minimum Gasteiger partial charge on any atom is -0.237 e. The zero-order chi connectivity index (χ0) is 13.0. The fourth-order valence-electron chi connectivity index (χ4n) is 1.02. The van der Waals surface area contributed by atoms with Crippen molar-refractivity contribution in [2.75, 3.05) is 5.75 Å². The number of aromatic nitrogens is 5. The molecule has 0 amide bonds. The third-order valence-electron chi connectivity index (χ3n) is 1.80. The summed E-state index contributed by atoms with van der Waals surface area (Å²) in [4.78, 5) is 4.76. The largest absolute Gasteiger partial charge is 0.301 e. The molecule has 2 rings (SSSR count). The Morgan fingerprint density at radius 1 is 1.39 bits per heavy atom. The average molecular weight is 293 g/mol. The van der Waals surface area contributed by atoms with Gasteiger partial charge in [0.05, 0.1) is 11.1 Å². The second-order valence-electron chi connectivity index (χ2n) is 2.99. The quantitative estimate of drug-likeness (QED) is 0.859. The lowest BCUT2D eigenvalue weighted by atomic mass is 10.4. The Hall–Kier alpha value is -1.42. The lowest BCUT2D eigenvalue weighted by Gasteiger charge is -1.94. The van der Waals surface area contributed by atoms with Gasteiger partial charge in [-0.1, -0.05) is 11.8 Å². The van der Waals surface area contributed by atoms with Gasteiger partial charge in [-0.2, -0.15) is 14.0 Å². The minimum absolute atomic E-state index is 0.197. The normalized spacial score (nSPS) is 10.6.